The van der Waals surface area contributed by atoms with Gasteiger partial charge in [0.15, 0.2) is 0 Å². The van der Waals surface area contributed by atoms with E-state index in [0.717, 1.165) is 4.68 Å². The zero-order chi connectivity index (χ0) is 14.7. The number of aromatic nitrogens is 2. The second-order valence-electron chi connectivity index (χ2n) is 3.97. The average molecular weight is 274 g/mol. The Balaban J connectivity index is 2.38. The highest BCUT2D eigenvalue weighted by atomic mass is 16.5. The van der Waals surface area contributed by atoms with Crippen LogP contribution in [0.1, 0.15) is 27.6 Å². The first kappa shape index (κ1) is 13.6. The van der Waals surface area contributed by atoms with Gasteiger partial charge in [-0.3, -0.25) is 4.79 Å². The normalized spacial score (nSPS) is 10.2. The van der Waals surface area contributed by atoms with E-state index >= 15 is 0 Å². The molecule has 0 saturated heterocycles. The number of nitrogen functional groups attached to an aromatic ring is 2. The number of carbonyl (C=O) groups is 2. The van der Waals surface area contributed by atoms with Crippen LogP contribution in [0.15, 0.2) is 30.5 Å². The SMILES string of the molecule is CCOC(=O)c1cnn(C(=O)c2ccccc2N)c1N. The molecular formula is C13H14N4O3. The molecule has 2 aromatic rings. The summed E-state index contributed by atoms with van der Waals surface area (Å²) in [6.07, 6.45) is 1.20. The number of hydrogen-bond donors (Lipinski definition) is 2. The van der Waals surface area contributed by atoms with Crippen molar-refractivity contribution in [1.29, 1.82) is 0 Å². The van der Waals surface area contributed by atoms with Crippen LogP contribution in [-0.4, -0.2) is 28.3 Å². The van der Waals surface area contributed by atoms with Crippen LogP contribution in [-0.2, 0) is 4.74 Å². The first-order chi connectivity index (χ1) is 9.56. The Morgan fingerprint density at radius 3 is 2.60 bits per heavy atom. The lowest BCUT2D eigenvalue weighted by Gasteiger charge is -2.06. The van der Waals surface area contributed by atoms with Crippen molar-refractivity contribution in [2.24, 2.45) is 0 Å². The lowest BCUT2D eigenvalue weighted by molar-refractivity contribution is 0.0527. The van der Waals surface area contributed by atoms with Crippen LogP contribution in [0, 0.1) is 0 Å². The molecule has 0 unspecified atom stereocenters. The van der Waals surface area contributed by atoms with E-state index in [-0.39, 0.29) is 23.6 Å². The summed E-state index contributed by atoms with van der Waals surface area (Å²) in [6.45, 7) is 1.89. The largest absolute Gasteiger partial charge is 0.462 e. The van der Waals surface area contributed by atoms with Gasteiger partial charge in [-0.2, -0.15) is 9.78 Å². The highest BCUT2D eigenvalue weighted by Crippen LogP contribution is 2.17. The van der Waals surface area contributed by atoms with Crippen LogP contribution in [0.25, 0.3) is 0 Å². The van der Waals surface area contributed by atoms with Gasteiger partial charge in [-0.15, -0.1) is 0 Å². The molecule has 0 aliphatic heterocycles. The third-order valence-corrected chi connectivity index (χ3v) is 2.69. The van der Waals surface area contributed by atoms with Crippen LogP contribution in [0.3, 0.4) is 0 Å². The Bertz CT molecular complexity index is 663. The molecule has 1 heterocycles. The van der Waals surface area contributed by atoms with Gasteiger partial charge in [0.05, 0.1) is 18.4 Å². The topological polar surface area (TPSA) is 113 Å². The zero-order valence-corrected chi connectivity index (χ0v) is 10.9. The first-order valence-electron chi connectivity index (χ1n) is 5.96. The number of carbonyl (C=O) groups excluding carboxylic acids is 2. The Morgan fingerprint density at radius 2 is 1.95 bits per heavy atom. The molecule has 2 rings (SSSR count). The van der Waals surface area contributed by atoms with Gasteiger partial charge >= 0.3 is 5.97 Å². The number of benzene rings is 1. The summed E-state index contributed by atoms with van der Waals surface area (Å²) in [6, 6.07) is 6.54. The van der Waals surface area contributed by atoms with E-state index in [4.69, 9.17) is 16.2 Å². The fourth-order valence-electron chi connectivity index (χ4n) is 1.69. The fraction of sp³-hybridized carbons (Fsp3) is 0.154. The second-order valence-corrected chi connectivity index (χ2v) is 3.97. The molecule has 104 valence electrons. The van der Waals surface area contributed by atoms with Gasteiger partial charge in [0.25, 0.3) is 5.91 Å². The molecule has 0 atom stereocenters. The number of nitrogens with two attached hydrogens (primary N) is 2. The van der Waals surface area contributed by atoms with Crippen molar-refractivity contribution >= 4 is 23.4 Å². The van der Waals surface area contributed by atoms with Gasteiger partial charge in [0, 0.05) is 5.69 Å². The van der Waals surface area contributed by atoms with E-state index in [2.05, 4.69) is 5.10 Å². The van der Waals surface area contributed by atoms with Gasteiger partial charge in [-0.05, 0) is 19.1 Å². The van der Waals surface area contributed by atoms with E-state index in [1.165, 1.54) is 6.20 Å². The molecule has 7 nitrogen and oxygen atoms in total. The minimum absolute atomic E-state index is 0.0507. The Kier molecular flexibility index (Phi) is 3.69. The van der Waals surface area contributed by atoms with Crippen molar-refractivity contribution in [3.63, 3.8) is 0 Å². The van der Waals surface area contributed by atoms with Gasteiger partial charge in [0.1, 0.15) is 11.4 Å². The van der Waals surface area contributed by atoms with E-state index < -0.39 is 11.9 Å². The molecule has 1 aromatic heterocycles. The van der Waals surface area contributed by atoms with E-state index in [0.29, 0.717) is 5.69 Å². The molecule has 20 heavy (non-hydrogen) atoms. The first-order valence-corrected chi connectivity index (χ1v) is 5.96. The summed E-state index contributed by atoms with van der Waals surface area (Å²) >= 11 is 0. The van der Waals surface area contributed by atoms with Gasteiger partial charge in [-0.1, -0.05) is 12.1 Å². The molecular weight excluding hydrogens is 260 g/mol. The van der Waals surface area contributed by atoms with Crippen LogP contribution < -0.4 is 11.5 Å². The second kappa shape index (κ2) is 5.43. The number of para-hydroxylation sites is 1. The number of hydrogen-bond acceptors (Lipinski definition) is 6. The van der Waals surface area contributed by atoms with Crippen LogP contribution in [0.2, 0.25) is 0 Å². The Hall–Kier alpha value is -2.83. The molecule has 0 amide bonds. The molecule has 0 aliphatic rings. The van der Waals surface area contributed by atoms with Crippen LogP contribution in [0.4, 0.5) is 11.5 Å². The highest BCUT2D eigenvalue weighted by Gasteiger charge is 2.21. The van der Waals surface area contributed by atoms with E-state index in [1.54, 1.807) is 31.2 Å². The van der Waals surface area contributed by atoms with E-state index in [9.17, 15) is 9.59 Å². The highest BCUT2D eigenvalue weighted by molar-refractivity contribution is 6.04. The smallest absolute Gasteiger partial charge is 0.343 e. The third kappa shape index (κ3) is 2.33. The molecule has 4 N–H and O–H groups in total. The van der Waals surface area contributed by atoms with E-state index in [1.807, 2.05) is 0 Å². The maximum absolute atomic E-state index is 12.3. The van der Waals surface area contributed by atoms with Crippen molar-refractivity contribution in [3.05, 3.63) is 41.6 Å². The molecule has 0 aliphatic carbocycles. The Morgan fingerprint density at radius 1 is 1.25 bits per heavy atom. The molecule has 0 saturated carbocycles. The number of rotatable bonds is 3. The monoisotopic (exact) mass is 274 g/mol. The molecule has 1 aromatic carbocycles. The van der Waals surface area contributed by atoms with Crippen LogP contribution >= 0.6 is 0 Å². The van der Waals surface area contributed by atoms with Gasteiger partial charge < -0.3 is 16.2 Å². The standard InChI is InChI=1S/C13H14N4O3/c1-2-20-13(19)9-7-16-17(11(9)15)12(18)8-5-3-4-6-10(8)14/h3-7H,2,14-15H2,1H3. The molecule has 0 fully saturated rings. The predicted molar refractivity (Wildman–Crippen MR) is 73.2 cm³/mol. The summed E-state index contributed by atoms with van der Waals surface area (Å²) in [7, 11) is 0. The van der Waals surface area contributed by atoms with Gasteiger partial charge in [0.2, 0.25) is 0 Å². The van der Waals surface area contributed by atoms with Crippen molar-refractivity contribution in [1.82, 2.24) is 9.78 Å². The van der Waals surface area contributed by atoms with Crippen LogP contribution in [0.5, 0.6) is 0 Å². The summed E-state index contributed by atoms with van der Waals surface area (Å²) in [5.74, 6) is -1.20. The predicted octanol–water partition coefficient (Wildman–Crippen LogP) is 0.913. The maximum Gasteiger partial charge on any atom is 0.343 e. The van der Waals surface area contributed by atoms with Crippen molar-refractivity contribution in [2.45, 2.75) is 6.92 Å². The minimum Gasteiger partial charge on any atom is -0.462 e. The summed E-state index contributed by atoms with van der Waals surface area (Å²) < 4.78 is 5.75. The molecule has 0 spiro atoms. The van der Waals surface area contributed by atoms with Crippen molar-refractivity contribution in [2.75, 3.05) is 18.1 Å². The number of anilines is 2. The zero-order valence-electron chi connectivity index (χ0n) is 10.9. The quantitative estimate of drug-likeness (QED) is 0.635. The van der Waals surface area contributed by atoms with Crippen molar-refractivity contribution < 1.29 is 14.3 Å². The molecule has 0 bridgehead atoms. The summed E-state index contributed by atoms with van der Waals surface area (Å²) in [4.78, 5) is 23.9. The summed E-state index contributed by atoms with van der Waals surface area (Å²) in [5.41, 5.74) is 12.1. The molecule has 0 radical (unpaired) electrons. The lowest BCUT2D eigenvalue weighted by Crippen LogP contribution is -2.18. The average Bonchev–Trinajstić information content (AvgIpc) is 2.81. The summed E-state index contributed by atoms with van der Waals surface area (Å²) in [5, 5.41) is 3.82. The number of ether oxygens (including phenoxy) is 1. The number of nitrogens with zero attached hydrogens (tertiary/aromatic N) is 2. The lowest BCUT2D eigenvalue weighted by atomic mass is 10.1. The Labute approximate surface area is 115 Å². The number of esters is 1. The minimum atomic E-state index is -0.620. The molecule has 7 heteroatoms. The maximum atomic E-state index is 12.3. The fourth-order valence-corrected chi connectivity index (χ4v) is 1.69. The third-order valence-electron chi connectivity index (χ3n) is 2.69. The van der Waals surface area contributed by atoms with Gasteiger partial charge in [-0.25, -0.2) is 4.79 Å². The van der Waals surface area contributed by atoms with Crippen molar-refractivity contribution in [3.8, 4) is 0 Å².